The highest BCUT2D eigenvalue weighted by molar-refractivity contribution is 7.99. The molecule has 2 heterocycles. The largest absolute Gasteiger partial charge is 0.457 e. The Hall–Kier alpha value is -7.07. The first-order valence-electron chi connectivity index (χ1n) is 20.3. The van der Waals surface area contributed by atoms with Crippen molar-refractivity contribution in [3.05, 3.63) is 257 Å². The van der Waals surface area contributed by atoms with E-state index in [1.54, 1.807) is 0 Å². The van der Waals surface area contributed by atoms with Gasteiger partial charge in [-0.1, -0.05) is 163 Å². The summed E-state index contributed by atoms with van der Waals surface area (Å²) in [7, 11) is 0. The van der Waals surface area contributed by atoms with Crippen LogP contribution in [0.25, 0.3) is 22.3 Å². The summed E-state index contributed by atoms with van der Waals surface area (Å²) in [6.07, 6.45) is 0. The van der Waals surface area contributed by atoms with Crippen molar-refractivity contribution in [1.29, 1.82) is 0 Å². The second-order valence-electron chi connectivity index (χ2n) is 15.9. The molecule has 0 aromatic heterocycles. The highest BCUT2D eigenvalue weighted by atomic mass is 32.2. The molecule has 9 aromatic carbocycles. The minimum Gasteiger partial charge on any atom is -0.457 e. The molecule has 0 fully saturated rings. The molecule has 0 amide bonds. The van der Waals surface area contributed by atoms with Gasteiger partial charge in [-0.15, -0.1) is 0 Å². The van der Waals surface area contributed by atoms with E-state index in [0.717, 1.165) is 28.6 Å². The lowest BCUT2D eigenvalue weighted by Crippen LogP contribution is -2.32. The van der Waals surface area contributed by atoms with Crippen molar-refractivity contribution in [3.8, 4) is 33.8 Å². The molecule has 59 heavy (non-hydrogen) atoms. The molecule has 0 saturated carbocycles. The van der Waals surface area contributed by atoms with Gasteiger partial charge in [-0.25, -0.2) is 0 Å². The van der Waals surface area contributed by atoms with Crippen molar-refractivity contribution in [2.45, 2.75) is 20.6 Å². The van der Waals surface area contributed by atoms with Gasteiger partial charge in [0.1, 0.15) is 11.5 Å². The fourth-order valence-electron chi connectivity index (χ4n) is 11.0. The van der Waals surface area contributed by atoms with Crippen LogP contribution in [0.2, 0.25) is 0 Å². The molecule has 0 saturated heterocycles. The summed E-state index contributed by atoms with van der Waals surface area (Å²) in [4.78, 5) is 5.07. The fourth-order valence-corrected chi connectivity index (χ4v) is 12.2. The van der Waals surface area contributed by atoms with Crippen LogP contribution >= 0.6 is 11.8 Å². The summed E-state index contributed by atoms with van der Waals surface area (Å²) < 4.78 is 6.66. The predicted octanol–water partition coefficient (Wildman–Crippen LogP) is 14.5. The number of rotatable bonds is 3. The minimum absolute atomic E-state index is 0.421. The van der Waals surface area contributed by atoms with Crippen LogP contribution < -0.4 is 9.64 Å². The first-order valence-corrected chi connectivity index (χ1v) is 21.2. The molecule has 2 aliphatic heterocycles. The molecule has 0 atom stereocenters. The van der Waals surface area contributed by atoms with Gasteiger partial charge in [0.2, 0.25) is 0 Å². The molecular weight excluding hydrogens is 735 g/mol. The summed E-state index contributed by atoms with van der Waals surface area (Å²) in [6, 6.07) is 78.4. The first-order chi connectivity index (χ1) is 29.3. The average Bonchev–Trinajstić information content (AvgIpc) is 3.75. The maximum atomic E-state index is 6.66. The molecule has 0 N–H and O–H groups in total. The normalized spacial score (nSPS) is 14.8. The SMILES string of the molecule is c1ccc(N(c2ccc3c(c2)-c2ccccc2C32c3ccccc3Sc3ccccc32)c2ccc3c(c2)C2(c4ccccc4Oc4ccccc42)c2ccccc2-3)cc1. The topological polar surface area (TPSA) is 12.5 Å². The van der Waals surface area contributed by atoms with E-state index in [0.29, 0.717) is 0 Å². The van der Waals surface area contributed by atoms with Gasteiger partial charge in [0.25, 0.3) is 0 Å². The molecule has 13 rings (SSSR count). The number of hydrogen-bond donors (Lipinski definition) is 0. The third kappa shape index (κ3) is 4.27. The van der Waals surface area contributed by atoms with Crippen molar-refractivity contribution < 1.29 is 4.74 Å². The minimum atomic E-state index is -0.557. The van der Waals surface area contributed by atoms with E-state index in [9.17, 15) is 0 Å². The molecule has 2 spiro atoms. The quantitative estimate of drug-likeness (QED) is 0.178. The van der Waals surface area contributed by atoms with Crippen molar-refractivity contribution >= 4 is 28.8 Å². The molecule has 0 radical (unpaired) electrons. The molecule has 0 unspecified atom stereocenters. The highest BCUT2D eigenvalue weighted by Crippen LogP contribution is 2.64. The van der Waals surface area contributed by atoms with Crippen molar-refractivity contribution in [2.24, 2.45) is 0 Å². The molecule has 3 heteroatoms. The Labute approximate surface area is 348 Å². The van der Waals surface area contributed by atoms with Crippen molar-refractivity contribution in [2.75, 3.05) is 4.90 Å². The number of hydrogen-bond acceptors (Lipinski definition) is 3. The number of nitrogens with zero attached hydrogens (tertiary/aromatic N) is 1. The van der Waals surface area contributed by atoms with Crippen molar-refractivity contribution in [3.63, 3.8) is 0 Å². The molecule has 0 bridgehead atoms. The van der Waals surface area contributed by atoms with Crippen LogP contribution in [0.4, 0.5) is 17.1 Å². The molecule has 4 aliphatic rings. The maximum absolute atomic E-state index is 6.66. The van der Waals surface area contributed by atoms with Crippen LogP contribution in [-0.2, 0) is 10.8 Å². The second kappa shape index (κ2) is 12.2. The summed E-state index contributed by atoms with van der Waals surface area (Å²) >= 11 is 1.89. The molecule has 2 nitrogen and oxygen atoms in total. The zero-order valence-electron chi connectivity index (χ0n) is 32.0. The highest BCUT2D eigenvalue weighted by Gasteiger charge is 2.52. The summed E-state index contributed by atoms with van der Waals surface area (Å²) in [5.74, 6) is 1.80. The van der Waals surface area contributed by atoms with Gasteiger partial charge < -0.3 is 9.64 Å². The maximum Gasteiger partial charge on any atom is 0.132 e. The number of anilines is 3. The van der Waals surface area contributed by atoms with Crippen LogP contribution in [0.15, 0.2) is 222 Å². The van der Waals surface area contributed by atoms with E-state index < -0.39 is 10.8 Å². The van der Waals surface area contributed by atoms with Crippen LogP contribution in [0.1, 0.15) is 44.5 Å². The number of benzene rings is 9. The Morgan fingerprint density at radius 1 is 0.305 bits per heavy atom. The van der Waals surface area contributed by atoms with Crippen molar-refractivity contribution in [1.82, 2.24) is 0 Å². The lowest BCUT2D eigenvalue weighted by atomic mass is 9.66. The van der Waals surface area contributed by atoms with Gasteiger partial charge in [0.15, 0.2) is 0 Å². The van der Waals surface area contributed by atoms with Gasteiger partial charge in [0.05, 0.1) is 10.8 Å². The third-order valence-electron chi connectivity index (χ3n) is 13.2. The zero-order chi connectivity index (χ0) is 38.7. The Kier molecular flexibility index (Phi) is 6.83. The third-order valence-corrected chi connectivity index (χ3v) is 14.3. The van der Waals surface area contributed by atoms with E-state index in [2.05, 4.69) is 217 Å². The number of ether oxygens (including phenoxy) is 1. The van der Waals surface area contributed by atoms with Gasteiger partial charge in [-0.3, -0.25) is 0 Å². The summed E-state index contributed by atoms with van der Waals surface area (Å²) in [5, 5.41) is 0. The van der Waals surface area contributed by atoms with E-state index in [-0.39, 0.29) is 0 Å². The molecule has 276 valence electrons. The Morgan fingerprint density at radius 3 is 1.39 bits per heavy atom. The lowest BCUT2D eigenvalue weighted by molar-refractivity contribution is 0.436. The Balaban J connectivity index is 1.07. The molecular formula is C56H35NOS. The van der Waals surface area contributed by atoms with E-state index in [1.165, 1.54) is 76.6 Å². The van der Waals surface area contributed by atoms with Crippen LogP contribution in [0.3, 0.4) is 0 Å². The van der Waals surface area contributed by atoms with E-state index >= 15 is 0 Å². The summed E-state index contributed by atoms with van der Waals surface area (Å²) in [5.41, 5.74) is 17.7. The Bertz CT molecular complexity index is 3110. The first kappa shape index (κ1) is 33.0. The zero-order valence-corrected chi connectivity index (χ0v) is 32.8. The average molecular weight is 770 g/mol. The van der Waals surface area contributed by atoms with E-state index in [4.69, 9.17) is 4.74 Å². The molecule has 2 aliphatic carbocycles. The van der Waals surface area contributed by atoms with Gasteiger partial charge >= 0.3 is 0 Å². The van der Waals surface area contributed by atoms with Crippen LogP contribution in [0, 0.1) is 0 Å². The van der Waals surface area contributed by atoms with Crippen LogP contribution in [-0.4, -0.2) is 0 Å². The Morgan fingerprint density at radius 2 is 0.746 bits per heavy atom. The smallest absolute Gasteiger partial charge is 0.132 e. The van der Waals surface area contributed by atoms with Crippen LogP contribution in [0.5, 0.6) is 11.5 Å². The molecule has 9 aromatic rings. The number of para-hydroxylation sites is 3. The van der Waals surface area contributed by atoms with Gasteiger partial charge in [-0.2, -0.15) is 0 Å². The lowest BCUT2D eigenvalue weighted by Gasteiger charge is -2.40. The fraction of sp³-hybridized carbons (Fsp3) is 0.0357. The monoisotopic (exact) mass is 769 g/mol. The second-order valence-corrected chi connectivity index (χ2v) is 17.0. The van der Waals surface area contributed by atoms with Gasteiger partial charge in [0, 0.05) is 38.0 Å². The summed E-state index contributed by atoms with van der Waals surface area (Å²) in [6.45, 7) is 0. The van der Waals surface area contributed by atoms with Gasteiger partial charge in [-0.05, 0) is 116 Å². The number of fused-ring (bicyclic) bond motifs is 18. The predicted molar refractivity (Wildman–Crippen MR) is 240 cm³/mol. The van der Waals surface area contributed by atoms with E-state index in [1.807, 2.05) is 11.8 Å². The standard InChI is InChI=1S/C56H35NOS/c1-2-16-36(17-3-1)57(37-31-33-45-42(34-37)40-19-5-7-21-44(40)55(45)48-24-10-14-28-53(48)59-54-29-15-11-25-49(54)55)38-30-32-41-39-18-4-6-20-43(39)56(50(41)35-38)46-22-8-12-26-51(46)58-52-27-13-9-23-47(52)56/h1-35H.